The maximum atomic E-state index is 16.3. The van der Waals surface area contributed by atoms with E-state index in [9.17, 15) is 14.3 Å². The van der Waals surface area contributed by atoms with E-state index in [4.69, 9.17) is 0 Å². The van der Waals surface area contributed by atoms with Crippen molar-refractivity contribution in [1.82, 2.24) is 4.57 Å². The molecule has 0 saturated heterocycles. The molecule has 0 amide bonds. The van der Waals surface area contributed by atoms with Gasteiger partial charge in [0.15, 0.2) is 0 Å². The van der Waals surface area contributed by atoms with Gasteiger partial charge < -0.3 is 9.67 Å². The van der Waals surface area contributed by atoms with Crippen LogP contribution in [0.1, 0.15) is 86.2 Å². The SMILES string of the molecule is CC1=NCc2c1cc1c(c2F)c(C2CC3(CC(C(=O)O)C3)C2)c(C(C)C)n1-c1ccc(F)c(C)c1. The number of aliphatic imine (C=N–C) groups is 1. The topological polar surface area (TPSA) is 54.6 Å². The lowest BCUT2D eigenvalue weighted by Crippen LogP contribution is -2.49. The standard InChI is InChI=1S/C29H30F2N2O2/c1-14(2)27-24(17-9-29(10-17)11-18(12-29)28(34)35)25-23(8-20-16(4)32-13-21(20)26(25)31)33(27)19-5-6-22(30)15(3)7-19/h5-8,14,17-18H,9-13H2,1-4H3,(H,34,35). The molecule has 35 heavy (non-hydrogen) atoms. The Hall–Kier alpha value is -3.02. The Kier molecular flexibility index (Phi) is 4.80. The molecule has 182 valence electrons. The van der Waals surface area contributed by atoms with Crippen LogP contribution in [0.3, 0.4) is 0 Å². The number of halogens is 2. The first kappa shape index (κ1) is 22.4. The quantitative estimate of drug-likeness (QED) is 0.440. The Morgan fingerprint density at radius 2 is 1.86 bits per heavy atom. The number of hydrogen-bond donors (Lipinski definition) is 1. The molecule has 0 bridgehead atoms. The summed E-state index contributed by atoms with van der Waals surface area (Å²) in [6.07, 6.45) is 3.22. The fourth-order valence-corrected chi connectivity index (χ4v) is 6.96. The molecule has 6 heteroatoms. The number of aromatic nitrogens is 1. The first-order valence-electron chi connectivity index (χ1n) is 12.5. The van der Waals surface area contributed by atoms with Gasteiger partial charge in [-0.25, -0.2) is 8.78 Å². The number of nitrogens with zero attached hydrogens (tertiary/aromatic N) is 2. The number of carbonyl (C=O) groups is 1. The zero-order valence-corrected chi connectivity index (χ0v) is 20.6. The number of rotatable bonds is 4. The van der Waals surface area contributed by atoms with E-state index in [-0.39, 0.29) is 34.8 Å². The third-order valence-corrected chi connectivity index (χ3v) is 8.66. The van der Waals surface area contributed by atoms with E-state index >= 15 is 4.39 Å². The van der Waals surface area contributed by atoms with E-state index in [1.54, 1.807) is 13.0 Å². The molecule has 0 atom stereocenters. The lowest BCUT2D eigenvalue weighted by Gasteiger charge is -2.57. The fourth-order valence-electron chi connectivity index (χ4n) is 6.96. The summed E-state index contributed by atoms with van der Waals surface area (Å²) in [6, 6.07) is 7.15. The largest absolute Gasteiger partial charge is 0.481 e. The van der Waals surface area contributed by atoms with Crippen molar-refractivity contribution in [3.8, 4) is 5.69 Å². The first-order valence-corrected chi connectivity index (χ1v) is 12.5. The number of fused-ring (bicyclic) bond motifs is 2. The van der Waals surface area contributed by atoms with Crippen molar-refractivity contribution < 1.29 is 18.7 Å². The smallest absolute Gasteiger partial charge is 0.306 e. The van der Waals surface area contributed by atoms with Crippen LogP contribution in [0.15, 0.2) is 29.3 Å². The van der Waals surface area contributed by atoms with Crippen molar-refractivity contribution in [3.05, 3.63) is 63.8 Å². The normalized spacial score (nSPS) is 25.1. The maximum Gasteiger partial charge on any atom is 0.306 e. The summed E-state index contributed by atoms with van der Waals surface area (Å²) < 4.78 is 32.6. The lowest BCUT2D eigenvalue weighted by atomic mass is 9.47. The molecular formula is C29H30F2N2O2. The average molecular weight is 477 g/mol. The number of carboxylic acid groups (broad SMARTS) is 1. The van der Waals surface area contributed by atoms with E-state index < -0.39 is 5.97 Å². The van der Waals surface area contributed by atoms with Gasteiger partial charge in [0.05, 0.1) is 18.0 Å². The van der Waals surface area contributed by atoms with Gasteiger partial charge in [-0.2, -0.15) is 0 Å². The van der Waals surface area contributed by atoms with Crippen LogP contribution in [-0.4, -0.2) is 21.4 Å². The Morgan fingerprint density at radius 3 is 2.49 bits per heavy atom. The van der Waals surface area contributed by atoms with Crippen molar-refractivity contribution in [2.75, 3.05) is 0 Å². The number of aliphatic carboxylic acids is 1. The second-order valence-electron chi connectivity index (χ2n) is 11.3. The first-order chi connectivity index (χ1) is 16.6. The van der Waals surface area contributed by atoms with Crippen LogP contribution in [-0.2, 0) is 11.3 Å². The molecule has 2 aromatic carbocycles. The Bertz CT molecular complexity index is 1440. The summed E-state index contributed by atoms with van der Waals surface area (Å²) in [7, 11) is 0. The van der Waals surface area contributed by atoms with E-state index in [0.29, 0.717) is 23.1 Å². The molecule has 0 radical (unpaired) electrons. The predicted octanol–water partition coefficient (Wildman–Crippen LogP) is 7.02. The van der Waals surface area contributed by atoms with Crippen LogP contribution in [0.25, 0.3) is 16.6 Å². The molecule has 6 rings (SSSR count). The highest BCUT2D eigenvalue weighted by Gasteiger charge is 2.56. The molecule has 1 aromatic heterocycles. The van der Waals surface area contributed by atoms with Gasteiger partial charge in [0, 0.05) is 33.6 Å². The second-order valence-corrected chi connectivity index (χ2v) is 11.3. The van der Waals surface area contributed by atoms with Crippen molar-refractivity contribution >= 4 is 22.6 Å². The van der Waals surface area contributed by atoms with Crippen molar-refractivity contribution in [3.63, 3.8) is 0 Å². The van der Waals surface area contributed by atoms with Crippen molar-refractivity contribution in [2.24, 2.45) is 16.3 Å². The molecule has 2 heterocycles. The Morgan fingerprint density at radius 1 is 1.14 bits per heavy atom. The van der Waals surface area contributed by atoms with Crippen LogP contribution in [0.5, 0.6) is 0 Å². The lowest BCUT2D eigenvalue weighted by molar-refractivity contribution is -0.155. The van der Waals surface area contributed by atoms with Crippen LogP contribution >= 0.6 is 0 Å². The molecule has 2 saturated carbocycles. The van der Waals surface area contributed by atoms with Gasteiger partial charge in [0.25, 0.3) is 0 Å². The molecular weight excluding hydrogens is 446 g/mol. The monoisotopic (exact) mass is 476 g/mol. The molecule has 0 unspecified atom stereocenters. The summed E-state index contributed by atoms with van der Waals surface area (Å²) >= 11 is 0. The van der Waals surface area contributed by atoms with Gasteiger partial charge in [-0.15, -0.1) is 0 Å². The minimum Gasteiger partial charge on any atom is -0.481 e. The minimum atomic E-state index is -0.706. The molecule has 2 aliphatic carbocycles. The van der Waals surface area contributed by atoms with Gasteiger partial charge in [-0.1, -0.05) is 13.8 Å². The molecule has 1 aliphatic heterocycles. The summed E-state index contributed by atoms with van der Waals surface area (Å²) in [5.41, 5.74) is 6.73. The van der Waals surface area contributed by atoms with Crippen LogP contribution in [0, 0.1) is 29.9 Å². The second kappa shape index (κ2) is 7.49. The minimum absolute atomic E-state index is 0.0791. The third-order valence-electron chi connectivity index (χ3n) is 8.66. The number of benzene rings is 2. The van der Waals surface area contributed by atoms with E-state index in [2.05, 4.69) is 29.5 Å². The summed E-state index contributed by atoms with van der Waals surface area (Å²) in [4.78, 5) is 15.9. The highest BCUT2D eigenvalue weighted by molar-refractivity contribution is 6.06. The van der Waals surface area contributed by atoms with Crippen LogP contribution in [0.4, 0.5) is 8.78 Å². The van der Waals surface area contributed by atoms with Crippen LogP contribution in [0.2, 0.25) is 0 Å². The molecule has 3 aromatic rings. The van der Waals surface area contributed by atoms with E-state index in [1.807, 2.05) is 13.0 Å². The predicted molar refractivity (Wildman–Crippen MR) is 133 cm³/mol. The zero-order valence-electron chi connectivity index (χ0n) is 20.6. The van der Waals surface area contributed by atoms with Gasteiger partial charge in [-0.05, 0) is 92.2 Å². The molecule has 4 nitrogen and oxygen atoms in total. The van der Waals surface area contributed by atoms with Crippen molar-refractivity contribution in [2.45, 2.75) is 71.8 Å². The molecule has 1 spiro atoms. The molecule has 2 fully saturated rings. The summed E-state index contributed by atoms with van der Waals surface area (Å²) in [6.45, 7) is 8.28. The number of carboxylic acids is 1. The maximum absolute atomic E-state index is 16.3. The fraction of sp³-hybridized carbons (Fsp3) is 0.448. The van der Waals surface area contributed by atoms with E-state index in [0.717, 1.165) is 59.4 Å². The van der Waals surface area contributed by atoms with Crippen molar-refractivity contribution in [1.29, 1.82) is 0 Å². The number of aryl methyl sites for hydroxylation is 1. The van der Waals surface area contributed by atoms with Gasteiger partial charge in [0.1, 0.15) is 11.6 Å². The van der Waals surface area contributed by atoms with Gasteiger partial charge in [-0.3, -0.25) is 9.79 Å². The highest BCUT2D eigenvalue weighted by atomic mass is 19.1. The molecule has 3 aliphatic rings. The highest BCUT2D eigenvalue weighted by Crippen LogP contribution is 2.65. The van der Waals surface area contributed by atoms with Gasteiger partial charge in [0.2, 0.25) is 0 Å². The summed E-state index contributed by atoms with van der Waals surface area (Å²) in [5.74, 6) is -1.10. The average Bonchev–Trinajstić information content (AvgIpc) is 3.27. The Labute approximate surface area is 203 Å². The van der Waals surface area contributed by atoms with Gasteiger partial charge >= 0.3 is 5.97 Å². The Balaban J connectivity index is 1.57. The van der Waals surface area contributed by atoms with Crippen LogP contribution < -0.4 is 0 Å². The van der Waals surface area contributed by atoms with E-state index in [1.165, 1.54) is 6.07 Å². The zero-order chi connectivity index (χ0) is 24.8. The summed E-state index contributed by atoms with van der Waals surface area (Å²) in [5, 5.41) is 10.0. The third kappa shape index (κ3) is 3.14. The molecule has 1 N–H and O–H groups in total. The number of hydrogen-bond acceptors (Lipinski definition) is 2.